The Morgan fingerprint density at radius 2 is 1.96 bits per heavy atom. The Morgan fingerprint density at radius 3 is 2.75 bits per heavy atom. The average molecular weight is 395 g/mol. The quantitative estimate of drug-likeness (QED) is 0.675. The van der Waals surface area contributed by atoms with Crippen LogP contribution >= 0.6 is 0 Å². The second-order valence-corrected chi connectivity index (χ2v) is 8.73. The molecule has 0 unspecified atom stereocenters. The van der Waals surface area contributed by atoms with Gasteiger partial charge in [-0.2, -0.15) is 4.31 Å². The number of hydrogen-bond donors (Lipinski definition) is 0. The molecule has 1 aliphatic rings. The van der Waals surface area contributed by atoms with E-state index in [-0.39, 0.29) is 0 Å². The lowest BCUT2D eigenvalue weighted by molar-refractivity contribution is 0.366. The van der Waals surface area contributed by atoms with Crippen LogP contribution in [0.4, 0.5) is 0 Å². The summed E-state index contributed by atoms with van der Waals surface area (Å²) in [5, 5.41) is 0. The van der Waals surface area contributed by atoms with Gasteiger partial charge in [-0.3, -0.25) is 4.98 Å². The third-order valence-electron chi connectivity index (χ3n) is 4.82. The van der Waals surface area contributed by atoms with Crippen LogP contribution in [0, 0.1) is 0 Å². The van der Waals surface area contributed by atoms with Crippen molar-refractivity contribution in [1.82, 2.24) is 14.3 Å². The highest BCUT2D eigenvalue weighted by molar-refractivity contribution is 7.88. The van der Waals surface area contributed by atoms with Crippen LogP contribution in [0.5, 0.6) is 11.6 Å². The maximum absolute atomic E-state index is 12.6. The molecule has 2 aromatic heterocycles. The van der Waals surface area contributed by atoms with Gasteiger partial charge in [0.05, 0.1) is 18.5 Å². The number of hydrogen-bond acceptors (Lipinski definition) is 5. The molecule has 0 fully saturated rings. The Balaban J connectivity index is 1.79. The normalized spacial score (nSPS) is 17.5. The van der Waals surface area contributed by atoms with E-state index in [9.17, 15) is 8.42 Å². The molecule has 0 saturated heterocycles. The molecule has 1 aliphatic heterocycles. The van der Waals surface area contributed by atoms with Gasteiger partial charge in [-0.05, 0) is 47.7 Å². The van der Waals surface area contributed by atoms with Crippen LogP contribution in [0.25, 0.3) is 0 Å². The van der Waals surface area contributed by atoms with Gasteiger partial charge in [-0.1, -0.05) is 24.3 Å². The summed E-state index contributed by atoms with van der Waals surface area (Å²) in [5.74, 6) is 0.981. The van der Waals surface area contributed by atoms with Crippen LogP contribution in [0.15, 0.2) is 67.1 Å². The smallest absolute Gasteiger partial charge is 0.219 e. The summed E-state index contributed by atoms with van der Waals surface area (Å²) in [7, 11) is -3.40. The molecular formula is C21H21N3O3S. The van der Waals surface area contributed by atoms with Crippen LogP contribution in [-0.2, 0) is 16.4 Å². The fraction of sp³-hybridized carbons (Fsp3) is 0.238. The fourth-order valence-corrected chi connectivity index (χ4v) is 4.70. The monoisotopic (exact) mass is 395 g/mol. The lowest BCUT2D eigenvalue weighted by atomic mass is 9.94. The van der Waals surface area contributed by atoms with Gasteiger partial charge in [0.1, 0.15) is 5.75 Å². The van der Waals surface area contributed by atoms with Gasteiger partial charge in [0.25, 0.3) is 0 Å². The van der Waals surface area contributed by atoms with E-state index in [4.69, 9.17) is 4.74 Å². The zero-order chi connectivity index (χ0) is 19.6. The molecule has 0 bridgehead atoms. The summed E-state index contributed by atoms with van der Waals surface area (Å²) in [6, 6.07) is 14.8. The van der Waals surface area contributed by atoms with Crippen LogP contribution in [0.3, 0.4) is 0 Å². The van der Waals surface area contributed by atoms with E-state index in [1.54, 1.807) is 41.1 Å². The summed E-state index contributed by atoms with van der Waals surface area (Å²) in [4.78, 5) is 8.32. The third-order valence-corrected chi connectivity index (χ3v) is 6.07. The van der Waals surface area contributed by atoms with Crippen molar-refractivity contribution in [2.24, 2.45) is 0 Å². The van der Waals surface area contributed by atoms with Crippen molar-refractivity contribution in [2.75, 3.05) is 12.8 Å². The first kappa shape index (κ1) is 18.6. The molecule has 0 N–H and O–H groups in total. The van der Waals surface area contributed by atoms with E-state index in [1.807, 2.05) is 24.3 Å². The van der Waals surface area contributed by atoms with E-state index >= 15 is 0 Å². The topological polar surface area (TPSA) is 72.4 Å². The molecule has 7 heteroatoms. The number of rotatable bonds is 4. The maximum atomic E-state index is 12.6. The molecule has 4 rings (SSSR count). The SMILES string of the molecule is CS(=O)(=O)N1CCCc2ccccc2[C@@H]1c1ccnc(Oc2cccnc2)c1. The zero-order valence-corrected chi connectivity index (χ0v) is 16.3. The predicted molar refractivity (Wildman–Crippen MR) is 107 cm³/mol. The van der Waals surface area contributed by atoms with E-state index in [1.165, 1.54) is 11.8 Å². The van der Waals surface area contributed by atoms with E-state index in [2.05, 4.69) is 16.0 Å². The number of benzene rings is 1. The summed E-state index contributed by atoms with van der Waals surface area (Å²) in [5.41, 5.74) is 3.00. The fourth-order valence-electron chi connectivity index (χ4n) is 3.62. The Kier molecular flexibility index (Phi) is 5.11. The minimum Gasteiger partial charge on any atom is -0.437 e. The molecule has 0 radical (unpaired) electrons. The van der Waals surface area contributed by atoms with Gasteiger partial charge in [-0.25, -0.2) is 13.4 Å². The largest absolute Gasteiger partial charge is 0.437 e. The third kappa shape index (κ3) is 3.90. The molecule has 0 saturated carbocycles. The number of sulfonamides is 1. The second-order valence-electron chi connectivity index (χ2n) is 6.80. The maximum Gasteiger partial charge on any atom is 0.219 e. The summed E-state index contributed by atoms with van der Waals surface area (Å²) in [6.45, 7) is 0.472. The molecule has 6 nitrogen and oxygen atoms in total. The van der Waals surface area contributed by atoms with Crippen molar-refractivity contribution >= 4 is 10.0 Å². The van der Waals surface area contributed by atoms with Crippen molar-refractivity contribution in [3.05, 3.63) is 83.8 Å². The number of fused-ring (bicyclic) bond motifs is 1. The van der Waals surface area contributed by atoms with Crippen LogP contribution < -0.4 is 4.74 Å². The van der Waals surface area contributed by atoms with Crippen molar-refractivity contribution in [3.8, 4) is 11.6 Å². The first-order valence-electron chi connectivity index (χ1n) is 9.11. The predicted octanol–water partition coefficient (Wildman–Crippen LogP) is 3.57. The molecule has 0 spiro atoms. The van der Waals surface area contributed by atoms with Crippen LogP contribution in [0.2, 0.25) is 0 Å². The highest BCUT2D eigenvalue weighted by Crippen LogP contribution is 2.36. The molecule has 0 amide bonds. The van der Waals surface area contributed by atoms with E-state index < -0.39 is 16.1 Å². The van der Waals surface area contributed by atoms with Crippen molar-refractivity contribution in [3.63, 3.8) is 0 Å². The Morgan fingerprint density at radius 1 is 1.11 bits per heavy atom. The van der Waals surface area contributed by atoms with Crippen molar-refractivity contribution in [1.29, 1.82) is 0 Å². The lowest BCUT2D eigenvalue weighted by Crippen LogP contribution is -2.34. The van der Waals surface area contributed by atoms with E-state index in [0.29, 0.717) is 18.2 Å². The lowest BCUT2D eigenvalue weighted by Gasteiger charge is -2.29. The highest BCUT2D eigenvalue weighted by atomic mass is 32.2. The number of aromatic nitrogens is 2. The first-order chi connectivity index (χ1) is 13.5. The number of aryl methyl sites for hydroxylation is 1. The Hall–Kier alpha value is -2.77. The molecule has 3 heterocycles. The van der Waals surface area contributed by atoms with Gasteiger partial charge in [-0.15, -0.1) is 0 Å². The molecule has 28 heavy (non-hydrogen) atoms. The molecule has 3 aromatic rings. The van der Waals surface area contributed by atoms with Crippen LogP contribution in [-0.4, -0.2) is 35.5 Å². The minimum atomic E-state index is -3.40. The molecule has 1 aromatic carbocycles. The molecule has 1 atom stereocenters. The summed E-state index contributed by atoms with van der Waals surface area (Å²) in [6.07, 6.45) is 7.83. The summed E-state index contributed by atoms with van der Waals surface area (Å²) < 4.78 is 32.5. The molecule has 144 valence electrons. The first-order valence-corrected chi connectivity index (χ1v) is 11.0. The van der Waals surface area contributed by atoms with Crippen LogP contribution in [0.1, 0.15) is 29.2 Å². The average Bonchev–Trinajstić information content (AvgIpc) is 2.89. The summed E-state index contributed by atoms with van der Waals surface area (Å²) >= 11 is 0. The van der Waals surface area contributed by atoms with Gasteiger partial charge in [0, 0.05) is 25.0 Å². The Bertz CT molecular complexity index is 1070. The van der Waals surface area contributed by atoms with Gasteiger partial charge >= 0.3 is 0 Å². The number of pyridine rings is 2. The number of ether oxygens (including phenoxy) is 1. The highest BCUT2D eigenvalue weighted by Gasteiger charge is 2.33. The zero-order valence-electron chi connectivity index (χ0n) is 15.5. The molecule has 0 aliphatic carbocycles. The molecular weight excluding hydrogens is 374 g/mol. The number of nitrogens with zero attached hydrogens (tertiary/aromatic N) is 3. The Labute approximate surface area is 164 Å². The minimum absolute atomic E-state index is 0.403. The van der Waals surface area contributed by atoms with Gasteiger partial charge < -0.3 is 4.74 Å². The van der Waals surface area contributed by atoms with Crippen molar-refractivity contribution < 1.29 is 13.2 Å². The van der Waals surface area contributed by atoms with Crippen molar-refractivity contribution in [2.45, 2.75) is 18.9 Å². The van der Waals surface area contributed by atoms with Gasteiger partial charge in [0.15, 0.2) is 0 Å². The van der Waals surface area contributed by atoms with E-state index in [0.717, 1.165) is 24.0 Å². The standard InChI is InChI=1S/C21H21N3O3S/c1-28(25,26)24-13-5-7-16-6-2-3-9-19(16)21(24)17-10-12-23-20(14-17)27-18-8-4-11-22-15-18/h2-4,6,8-12,14-15,21H,5,7,13H2,1H3/t21-/m0/s1. The van der Waals surface area contributed by atoms with Gasteiger partial charge in [0.2, 0.25) is 15.9 Å². The second kappa shape index (κ2) is 7.69.